The van der Waals surface area contributed by atoms with Crippen LogP contribution in [0.5, 0.6) is 0 Å². The zero-order chi connectivity index (χ0) is 11.0. The lowest BCUT2D eigenvalue weighted by Crippen LogP contribution is -2.04. The van der Waals surface area contributed by atoms with Crippen LogP contribution in [0.25, 0.3) is 10.2 Å². The van der Waals surface area contributed by atoms with Crippen molar-refractivity contribution in [1.29, 1.82) is 0 Å². The molecule has 1 nitrogen and oxygen atoms in total. The van der Waals surface area contributed by atoms with E-state index in [2.05, 4.69) is 23.2 Å². The summed E-state index contributed by atoms with van der Waals surface area (Å²) >= 11 is 6.93. The van der Waals surface area contributed by atoms with Crippen molar-refractivity contribution in [3.63, 3.8) is 0 Å². The second kappa shape index (κ2) is 4.30. The van der Waals surface area contributed by atoms with E-state index >= 15 is 0 Å². The topological polar surface area (TPSA) is 15.8 Å². The SMILES string of the molecule is S=c1[nH]c2c(C3CCCCC3)cccc2s1. The fourth-order valence-electron chi connectivity index (χ4n) is 2.75. The number of aromatic nitrogens is 1. The number of fused-ring (bicyclic) bond motifs is 1. The molecule has 1 aromatic heterocycles. The summed E-state index contributed by atoms with van der Waals surface area (Å²) in [6, 6.07) is 6.61. The van der Waals surface area contributed by atoms with Crippen LogP contribution in [0, 0.1) is 3.95 Å². The minimum absolute atomic E-state index is 0.748. The van der Waals surface area contributed by atoms with Crippen LogP contribution in [0.1, 0.15) is 43.6 Å². The van der Waals surface area contributed by atoms with Gasteiger partial charge in [-0.15, -0.1) is 11.3 Å². The van der Waals surface area contributed by atoms with Crippen LogP contribution < -0.4 is 0 Å². The lowest BCUT2D eigenvalue weighted by molar-refractivity contribution is 0.445. The number of nitrogens with one attached hydrogen (secondary N) is 1. The molecule has 84 valence electrons. The van der Waals surface area contributed by atoms with Gasteiger partial charge in [0.2, 0.25) is 0 Å². The Bertz CT molecular complexity index is 546. The predicted molar refractivity (Wildman–Crippen MR) is 72.8 cm³/mol. The highest BCUT2D eigenvalue weighted by atomic mass is 32.1. The van der Waals surface area contributed by atoms with E-state index in [4.69, 9.17) is 12.2 Å². The Balaban J connectivity index is 2.11. The number of aromatic amines is 1. The minimum atomic E-state index is 0.748. The molecule has 1 aliphatic carbocycles. The fraction of sp³-hybridized carbons (Fsp3) is 0.462. The Kier molecular flexibility index (Phi) is 2.82. The Morgan fingerprint density at radius 3 is 2.81 bits per heavy atom. The smallest absolute Gasteiger partial charge is 0.159 e. The Labute approximate surface area is 105 Å². The van der Waals surface area contributed by atoms with Crippen molar-refractivity contribution in [2.24, 2.45) is 0 Å². The van der Waals surface area contributed by atoms with Crippen LogP contribution in [0.15, 0.2) is 18.2 Å². The summed E-state index contributed by atoms with van der Waals surface area (Å²) in [5, 5.41) is 0. The average Bonchev–Trinajstić information content (AvgIpc) is 2.70. The first kappa shape index (κ1) is 10.5. The summed E-state index contributed by atoms with van der Waals surface area (Å²) in [5.74, 6) is 0.748. The van der Waals surface area contributed by atoms with Crippen molar-refractivity contribution in [3.05, 3.63) is 27.7 Å². The molecule has 0 spiro atoms. The highest BCUT2D eigenvalue weighted by molar-refractivity contribution is 7.73. The number of hydrogen-bond acceptors (Lipinski definition) is 2. The summed E-state index contributed by atoms with van der Waals surface area (Å²) in [6.07, 6.45) is 6.86. The van der Waals surface area contributed by atoms with Crippen LogP contribution in [0.2, 0.25) is 0 Å². The van der Waals surface area contributed by atoms with E-state index < -0.39 is 0 Å². The predicted octanol–water partition coefficient (Wildman–Crippen LogP) is 5.01. The maximum absolute atomic E-state index is 5.24. The molecular formula is C13H15NS2. The summed E-state index contributed by atoms with van der Waals surface area (Å²) in [5.41, 5.74) is 2.79. The maximum Gasteiger partial charge on any atom is 0.159 e. The molecule has 1 aromatic carbocycles. The average molecular weight is 249 g/mol. The van der Waals surface area contributed by atoms with Crippen LogP contribution in [0.3, 0.4) is 0 Å². The van der Waals surface area contributed by atoms with Gasteiger partial charge < -0.3 is 4.98 Å². The number of thiazole rings is 1. The minimum Gasteiger partial charge on any atom is -0.337 e. The first-order valence-corrected chi connectivity index (χ1v) is 7.19. The van der Waals surface area contributed by atoms with Crippen LogP contribution in [-0.4, -0.2) is 4.98 Å². The molecule has 0 saturated heterocycles. The van der Waals surface area contributed by atoms with Crippen LogP contribution in [0.4, 0.5) is 0 Å². The van der Waals surface area contributed by atoms with Gasteiger partial charge in [-0.1, -0.05) is 31.4 Å². The van der Waals surface area contributed by atoms with Gasteiger partial charge in [0.05, 0.1) is 10.2 Å². The van der Waals surface area contributed by atoms with Crippen molar-refractivity contribution >= 4 is 33.8 Å². The summed E-state index contributed by atoms with van der Waals surface area (Å²) in [6.45, 7) is 0. The first-order chi connectivity index (χ1) is 7.84. The molecule has 0 radical (unpaired) electrons. The van der Waals surface area contributed by atoms with Crippen LogP contribution >= 0.6 is 23.6 Å². The standard InChI is InChI=1S/C13H15NS2/c15-13-14-12-10(7-4-8-11(12)16-13)9-5-2-1-3-6-9/h4,7-9H,1-3,5-6H2,(H,14,15). The molecule has 16 heavy (non-hydrogen) atoms. The third kappa shape index (κ3) is 1.82. The van der Waals surface area contributed by atoms with Gasteiger partial charge in [-0.25, -0.2) is 0 Å². The lowest BCUT2D eigenvalue weighted by atomic mass is 9.84. The van der Waals surface area contributed by atoms with E-state index in [9.17, 15) is 0 Å². The molecule has 1 N–H and O–H groups in total. The monoisotopic (exact) mass is 249 g/mol. The number of H-pyrrole nitrogens is 1. The number of para-hydroxylation sites is 1. The second-order valence-electron chi connectivity index (χ2n) is 4.57. The van der Waals surface area contributed by atoms with Crippen molar-refractivity contribution in [2.75, 3.05) is 0 Å². The molecule has 1 aliphatic rings. The third-order valence-electron chi connectivity index (χ3n) is 3.53. The summed E-state index contributed by atoms with van der Waals surface area (Å²) in [7, 11) is 0. The lowest BCUT2D eigenvalue weighted by Gasteiger charge is -2.22. The van der Waals surface area contributed by atoms with Crippen molar-refractivity contribution in [1.82, 2.24) is 4.98 Å². The molecule has 1 fully saturated rings. The number of hydrogen-bond donors (Lipinski definition) is 1. The molecule has 0 atom stereocenters. The summed E-state index contributed by atoms with van der Waals surface area (Å²) < 4.78 is 2.21. The van der Waals surface area contributed by atoms with Gasteiger partial charge >= 0.3 is 0 Å². The quantitative estimate of drug-likeness (QED) is 0.703. The molecule has 0 unspecified atom stereocenters. The van der Waals surface area contributed by atoms with E-state index in [1.807, 2.05) is 0 Å². The largest absolute Gasteiger partial charge is 0.337 e. The van der Waals surface area contributed by atoms with E-state index in [0.717, 1.165) is 9.87 Å². The highest BCUT2D eigenvalue weighted by Gasteiger charge is 2.18. The van der Waals surface area contributed by atoms with Crippen molar-refractivity contribution < 1.29 is 0 Å². The van der Waals surface area contributed by atoms with E-state index in [0.29, 0.717) is 0 Å². The molecule has 0 amide bonds. The van der Waals surface area contributed by atoms with E-state index in [1.54, 1.807) is 11.3 Å². The maximum atomic E-state index is 5.24. The molecular weight excluding hydrogens is 234 g/mol. The van der Waals surface area contributed by atoms with Crippen molar-refractivity contribution in [3.8, 4) is 0 Å². The fourth-order valence-corrected chi connectivity index (χ4v) is 3.89. The van der Waals surface area contributed by atoms with Crippen LogP contribution in [-0.2, 0) is 0 Å². The van der Waals surface area contributed by atoms with E-state index in [-0.39, 0.29) is 0 Å². The molecule has 1 saturated carbocycles. The van der Waals surface area contributed by atoms with Gasteiger partial charge in [0.15, 0.2) is 3.95 Å². The van der Waals surface area contributed by atoms with Gasteiger partial charge in [-0.3, -0.25) is 0 Å². The first-order valence-electron chi connectivity index (χ1n) is 5.96. The normalized spacial score (nSPS) is 18.0. The molecule has 0 aliphatic heterocycles. The van der Waals surface area contributed by atoms with Gasteiger partial charge in [0.25, 0.3) is 0 Å². The van der Waals surface area contributed by atoms with E-state index in [1.165, 1.54) is 47.9 Å². The Morgan fingerprint density at radius 1 is 1.19 bits per heavy atom. The Morgan fingerprint density at radius 2 is 2.00 bits per heavy atom. The van der Waals surface area contributed by atoms with Gasteiger partial charge in [0, 0.05) is 0 Å². The van der Waals surface area contributed by atoms with Gasteiger partial charge in [-0.05, 0) is 42.6 Å². The number of benzene rings is 1. The molecule has 2 aromatic rings. The zero-order valence-electron chi connectivity index (χ0n) is 9.16. The third-order valence-corrected chi connectivity index (χ3v) is 4.73. The summed E-state index contributed by atoms with van der Waals surface area (Å²) in [4.78, 5) is 3.36. The highest BCUT2D eigenvalue weighted by Crippen LogP contribution is 2.36. The molecule has 0 bridgehead atoms. The Hall–Kier alpha value is -0.670. The van der Waals surface area contributed by atoms with Gasteiger partial charge in [0.1, 0.15) is 0 Å². The number of rotatable bonds is 1. The molecule has 3 heteroatoms. The second-order valence-corrected chi connectivity index (χ2v) is 6.29. The molecule has 1 heterocycles. The zero-order valence-corrected chi connectivity index (χ0v) is 10.8. The van der Waals surface area contributed by atoms with Crippen molar-refractivity contribution in [2.45, 2.75) is 38.0 Å². The van der Waals surface area contributed by atoms with Gasteiger partial charge in [-0.2, -0.15) is 0 Å². The molecule has 3 rings (SSSR count).